The van der Waals surface area contributed by atoms with Gasteiger partial charge in [0.2, 0.25) is 5.90 Å². The van der Waals surface area contributed by atoms with Gasteiger partial charge in [-0.1, -0.05) is 24.3 Å². The highest BCUT2D eigenvalue weighted by Crippen LogP contribution is 2.21. The van der Waals surface area contributed by atoms with Gasteiger partial charge in [-0.3, -0.25) is 0 Å². The summed E-state index contributed by atoms with van der Waals surface area (Å²) in [6.45, 7) is 0.272. The van der Waals surface area contributed by atoms with E-state index in [4.69, 9.17) is 9.47 Å². The first-order valence-electron chi connectivity index (χ1n) is 8.83. The molecule has 0 N–H and O–H groups in total. The van der Waals surface area contributed by atoms with Crippen LogP contribution in [0.25, 0.3) is 6.08 Å². The fraction of sp³-hybridized carbons (Fsp3) is 0.0435. The van der Waals surface area contributed by atoms with E-state index in [1.807, 2.05) is 36.4 Å². The highest BCUT2D eigenvalue weighted by molar-refractivity contribution is 14.1. The van der Waals surface area contributed by atoms with Gasteiger partial charge < -0.3 is 9.47 Å². The Morgan fingerprint density at radius 2 is 1.79 bits per heavy atom. The van der Waals surface area contributed by atoms with E-state index in [1.54, 1.807) is 30.3 Å². The van der Waals surface area contributed by atoms with Crippen molar-refractivity contribution in [1.82, 2.24) is 0 Å². The van der Waals surface area contributed by atoms with Gasteiger partial charge in [-0.25, -0.2) is 14.2 Å². The van der Waals surface area contributed by atoms with Crippen molar-refractivity contribution in [2.45, 2.75) is 6.61 Å². The fourth-order valence-electron chi connectivity index (χ4n) is 2.74. The first kappa shape index (κ1) is 19.3. The topological polar surface area (TPSA) is 47.9 Å². The monoisotopic (exact) mass is 499 g/mol. The number of benzene rings is 3. The number of rotatable bonds is 5. The van der Waals surface area contributed by atoms with Gasteiger partial charge in [0.25, 0.3) is 0 Å². The molecule has 4 rings (SSSR count). The lowest BCUT2D eigenvalue weighted by atomic mass is 10.2. The molecule has 0 amide bonds. The number of esters is 1. The number of nitrogens with zero attached hydrogens (tertiary/aromatic N) is 1. The maximum atomic E-state index is 13.2. The van der Waals surface area contributed by atoms with Crippen LogP contribution in [0.2, 0.25) is 0 Å². The summed E-state index contributed by atoms with van der Waals surface area (Å²) < 4.78 is 25.3. The fourth-order valence-corrected chi connectivity index (χ4v) is 3.10. The highest BCUT2D eigenvalue weighted by Gasteiger charge is 2.24. The molecule has 1 aliphatic rings. The minimum Gasteiger partial charge on any atom is -0.489 e. The first-order chi connectivity index (χ1) is 14.1. The maximum absolute atomic E-state index is 13.2. The molecule has 0 aliphatic carbocycles. The average molecular weight is 499 g/mol. The van der Waals surface area contributed by atoms with Crippen LogP contribution in [-0.4, -0.2) is 11.9 Å². The predicted octanol–water partition coefficient (Wildman–Crippen LogP) is 5.35. The third-order valence-corrected chi connectivity index (χ3v) is 4.91. The van der Waals surface area contributed by atoms with Gasteiger partial charge in [0, 0.05) is 9.13 Å². The zero-order chi connectivity index (χ0) is 20.2. The van der Waals surface area contributed by atoms with Crippen LogP contribution in [0.15, 0.2) is 83.5 Å². The van der Waals surface area contributed by atoms with Crippen molar-refractivity contribution in [1.29, 1.82) is 0 Å². The molecule has 1 heterocycles. The lowest BCUT2D eigenvalue weighted by Gasteiger charge is -2.06. The van der Waals surface area contributed by atoms with E-state index in [0.717, 1.165) is 20.3 Å². The number of ether oxygens (including phenoxy) is 2. The standard InChI is InChI=1S/C23H15FINO3/c24-18-3-1-2-16(12-18)14-28-20-10-4-15(5-11-20)13-21-23(27)29-22(26-21)17-6-8-19(25)9-7-17/h1-13H,14H2/b21-13-. The van der Waals surface area contributed by atoms with Crippen molar-refractivity contribution in [2.24, 2.45) is 4.99 Å². The number of aliphatic imine (C=N–C) groups is 1. The number of hydrogen-bond donors (Lipinski definition) is 0. The molecule has 0 saturated carbocycles. The molecule has 1 aliphatic heterocycles. The molecule has 0 fully saturated rings. The minimum atomic E-state index is -0.481. The molecular formula is C23H15FINO3. The Balaban J connectivity index is 1.45. The average Bonchev–Trinajstić information content (AvgIpc) is 3.08. The van der Waals surface area contributed by atoms with Crippen LogP contribution in [0, 0.1) is 9.39 Å². The zero-order valence-electron chi connectivity index (χ0n) is 15.1. The Kier molecular flexibility index (Phi) is 5.71. The molecule has 0 aromatic heterocycles. The third-order valence-electron chi connectivity index (χ3n) is 4.19. The lowest BCUT2D eigenvalue weighted by Crippen LogP contribution is -2.05. The summed E-state index contributed by atoms with van der Waals surface area (Å²) in [5.41, 5.74) is 2.54. The summed E-state index contributed by atoms with van der Waals surface area (Å²) in [4.78, 5) is 16.4. The molecule has 0 spiro atoms. The Hall–Kier alpha value is -3.00. The predicted molar refractivity (Wildman–Crippen MR) is 117 cm³/mol. The van der Waals surface area contributed by atoms with Crippen LogP contribution in [-0.2, 0) is 16.1 Å². The summed E-state index contributed by atoms with van der Waals surface area (Å²) in [7, 11) is 0. The number of hydrogen-bond acceptors (Lipinski definition) is 4. The van der Waals surface area contributed by atoms with E-state index in [1.165, 1.54) is 12.1 Å². The maximum Gasteiger partial charge on any atom is 0.363 e. The Labute approximate surface area is 180 Å². The summed E-state index contributed by atoms with van der Waals surface area (Å²) in [5, 5.41) is 0. The van der Waals surface area contributed by atoms with Gasteiger partial charge in [0.1, 0.15) is 18.2 Å². The van der Waals surface area contributed by atoms with E-state index in [9.17, 15) is 9.18 Å². The summed E-state index contributed by atoms with van der Waals surface area (Å²) >= 11 is 2.21. The Morgan fingerprint density at radius 1 is 1.03 bits per heavy atom. The van der Waals surface area contributed by atoms with E-state index in [0.29, 0.717) is 11.6 Å². The SMILES string of the molecule is O=C1OC(c2ccc(I)cc2)=N/C1=C\c1ccc(OCc2cccc(F)c2)cc1. The zero-order valence-corrected chi connectivity index (χ0v) is 17.3. The first-order valence-corrected chi connectivity index (χ1v) is 9.90. The van der Waals surface area contributed by atoms with Crippen LogP contribution >= 0.6 is 22.6 Å². The second-order valence-electron chi connectivity index (χ2n) is 6.33. The van der Waals surface area contributed by atoms with E-state index in [2.05, 4.69) is 27.6 Å². The van der Waals surface area contributed by atoms with Gasteiger partial charge in [-0.2, -0.15) is 0 Å². The molecule has 29 heavy (non-hydrogen) atoms. The molecule has 144 valence electrons. The van der Waals surface area contributed by atoms with Crippen molar-refractivity contribution < 1.29 is 18.7 Å². The molecule has 3 aromatic carbocycles. The van der Waals surface area contributed by atoms with Crippen molar-refractivity contribution >= 4 is 40.5 Å². The molecule has 3 aromatic rings. The molecule has 0 atom stereocenters. The smallest absolute Gasteiger partial charge is 0.363 e. The van der Waals surface area contributed by atoms with Crippen LogP contribution in [0.1, 0.15) is 16.7 Å². The number of halogens is 2. The van der Waals surface area contributed by atoms with Gasteiger partial charge >= 0.3 is 5.97 Å². The van der Waals surface area contributed by atoms with Crippen LogP contribution in [0.5, 0.6) is 5.75 Å². The normalized spacial score (nSPS) is 14.6. The van der Waals surface area contributed by atoms with Gasteiger partial charge in [-0.15, -0.1) is 0 Å². The van der Waals surface area contributed by atoms with Crippen LogP contribution in [0.4, 0.5) is 4.39 Å². The Bertz CT molecular complexity index is 1110. The molecule has 0 saturated heterocycles. The van der Waals surface area contributed by atoms with Crippen LogP contribution in [0.3, 0.4) is 0 Å². The summed E-state index contributed by atoms with van der Waals surface area (Å²) in [6.07, 6.45) is 1.67. The Morgan fingerprint density at radius 3 is 2.52 bits per heavy atom. The molecular weight excluding hydrogens is 484 g/mol. The number of carbonyl (C=O) groups excluding carboxylic acids is 1. The molecule has 6 heteroatoms. The van der Waals surface area contributed by atoms with Crippen molar-refractivity contribution in [2.75, 3.05) is 0 Å². The summed E-state index contributed by atoms with van der Waals surface area (Å²) in [5.74, 6) is 0.174. The van der Waals surface area contributed by atoms with E-state index in [-0.39, 0.29) is 18.1 Å². The highest BCUT2D eigenvalue weighted by atomic mass is 127. The van der Waals surface area contributed by atoms with E-state index < -0.39 is 5.97 Å². The minimum absolute atomic E-state index is 0.243. The molecule has 0 radical (unpaired) electrons. The quantitative estimate of drug-likeness (QED) is 0.270. The second-order valence-corrected chi connectivity index (χ2v) is 7.58. The summed E-state index contributed by atoms with van der Waals surface area (Å²) in [6, 6.07) is 21.1. The van der Waals surface area contributed by atoms with Gasteiger partial charge in [0.05, 0.1) is 0 Å². The number of cyclic esters (lactones) is 1. The van der Waals surface area contributed by atoms with Crippen molar-refractivity contribution in [3.05, 3.63) is 105 Å². The largest absolute Gasteiger partial charge is 0.489 e. The van der Waals surface area contributed by atoms with E-state index >= 15 is 0 Å². The van der Waals surface area contributed by atoms with Crippen LogP contribution < -0.4 is 4.74 Å². The second kappa shape index (κ2) is 8.57. The van der Waals surface area contributed by atoms with Crippen molar-refractivity contribution in [3.63, 3.8) is 0 Å². The third kappa shape index (κ3) is 4.89. The van der Waals surface area contributed by atoms with Gasteiger partial charge in [-0.05, 0) is 88.3 Å². The number of carbonyl (C=O) groups is 1. The molecule has 4 nitrogen and oxygen atoms in total. The molecule has 0 bridgehead atoms. The lowest BCUT2D eigenvalue weighted by molar-refractivity contribution is -0.129. The molecule has 0 unspecified atom stereocenters. The van der Waals surface area contributed by atoms with Gasteiger partial charge in [0.15, 0.2) is 5.70 Å². The van der Waals surface area contributed by atoms with Crippen molar-refractivity contribution in [3.8, 4) is 5.75 Å².